The van der Waals surface area contributed by atoms with E-state index < -0.39 is 10.2 Å². The third-order valence-electron chi connectivity index (χ3n) is 5.05. The third kappa shape index (κ3) is 4.89. The highest BCUT2D eigenvalue weighted by Gasteiger charge is 2.30. The van der Waals surface area contributed by atoms with Crippen LogP contribution in [0.15, 0.2) is 0 Å². The first-order valence-corrected chi connectivity index (χ1v) is 9.94. The standard InChI is InChI=1S/C15H31N3O3S/c1-17(14-7-4-3-5-8-14)22(19,20)16-13-15-9-6-10-18(15)11-12-21-2/h14-16H,3-13H2,1-2H3. The normalized spacial score (nSPS) is 25.1. The maximum absolute atomic E-state index is 12.5. The van der Waals surface area contributed by atoms with Crippen LogP contribution in [0, 0.1) is 0 Å². The number of ether oxygens (including phenoxy) is 1. The van der Waals surface area contributed by atoms with Crippen molar-refractivity contribution in [3.63, 3.8) is 0 Å². The molecule has 2 aliphatic rings. The molecule has 0 bridgehead atoms. The molecule has 1 N–H and O–H groups in total. The number of nitrogens with one attached hydrogen (secondary N) is 1. The van der Waals surface area contributed by atoms with E-state index in [1.807, 2.05) is 0 Å². The lowest BCUT2D eigenvalue weighted by atomic mass is 9.96. The zero-order valence-corrected chi connectivity index (χ0v) is 14.8. The largest absolute Gasteiger partial charge is 0.383 e. The molecule has 0 aromatic rings. The van der Waals surface area contributed by atoms with Gasteiger partial charge in [0.1, 0.15) is 0 Å². The Morgan fingerprint density at radius 1 is 1.18 bits per heavy atom. The molecule has 1 atom stereocenters. The summed E-state index contributed by atoms with van der Waals surface area (Å²) in [5.41, 5.74) is 0. The highest BCUT2D eigenvalue weighted by atomic mass is 32.2. The van der Waals surface area contributed by atoms with Crippen LogP contribution in [0.25, 0.3) is 0 Å². The van der Waals surface area contributed by atoms with Crippen molar-refractivity contribution in [1.82, 2.24) is 13.9 Å². The minimum Gasteiger partial charge on any atom is -0.383 e. The average Bonchev–Trinajstić information content (AvgIpc) is 2.98. The van der Waals surface area contributed by atoms with Crippen LogP contribution in [0.3, 0.4) is 0 Å². The molecule has 130 valence electrons. The number of hydrogen-bond acceptors (Lipinski definition) is 4. The number of hydrogen-bond donors (Lipinski definition) is 1. The van der Waals surface area contributed by atoms with Crippen LogP contribution in [0.1, 0.15) is 44.9 Å². The van der Waals surface area contributed by atoms with Gasteiger partial charge in [-0.1, -0.05) is 19.3 Å². The first-order valence-electron chi connectivity index (χ1n) is 8.50. The van der Waals surface area contributed by atoms with Gasteiger partial charge in [0.25, 0.3) is 10.2 Å². The summed E-state index contributed by atoms with van der Waals surface area (Å²) in [6, 6.07) is 0.462. The second-order valence-corrected chi connectivity index (χ2v) is 8.30. The van der Waals surface area contributed by atoms with E-state index in [1.54, 1.807) is 18.5 Å². The Kier molecular flexibility index (Phi) is 7.08. The van der Waals surface area contributed by atoms with Crippen molar-refractivity contribution in [1.29, 1.82) is 0 Å². The van der Waals surface area contributed by atoms with E-state index in [0.29, 0.717) is 19.2 Å². The summed E-state index contributed by atoms with van der Waals surface area (Å²) < 4.78 is 34.5. The summed E-state index contributed by atoms with van der Waals surface area (Å²) in [6.45, 7) is 3.11. The zero-order valence-electron chi connectivity index (χ0n) is 14.0. The molecular weight excluding hydrogens is 302 g/mol. The van der Waals surface area contributed by atoms with Gasteiger partial charge in [-0.05, 0) is 32.2 Å². The van der Waals surface area contributed by atoms with Gasteiger partial charge in [-0.3, -0.25) is 4.90 Å². The Balaban J connectivity index is 1.83. The smallest absolute Gasteiger partial charge is 0.279 e. The van der Waals surface area contributed by atoms with Crippen molar-refractivity contribution >= 4 is 10.2 Å². The van der Waals surface area contributed by atoms with Gasteiger partial charge in [-0.2, -0.15) is 12.7 Å². The average molecular weight is 333 g/mol. The van der Waals surface area contributed by atoms with Crippen LogP contribution < -0.4 is 4.72 Å². The molecule has 6 nitrogen and oxygen atoms in total. The van der Waals surface area contributed by atoms with Crippen molar-refractivity contribution in [3.8, 4) is 0 Å². The molecule has 0 radical (unpaired) electrons. The molecule has 0 aromatic heterocycles. The number of methoxy groups -OCH3 is 1. The number of likely N-dealkylation sites (tertiary alicyclic amines) is 1. The second-order valence-electron chi connectivity index (χ2n) is 6.49. The summed E-state index contributed by atoms with van der Waals surface area (Å²) in [7, 11) is 0.0533. The molecule has 1 unspecified atom stereocenters. The predicted octanol–water partition coefficient (Wildman–Crippen LogP) is 1.20. The van der Waals surface area contributed by atoms with Gasteiger partial charge in [-0.25, -0.2) is 4.72 Å². The van der Waals surface area contributed by atoms with E-state index in [2.05, 4.69) is 9.62 Å². The van der Waals surface area contributed by atoms with Gasteiger partial charge < -0.3 is 4.74 Å². The monoisotopic (exact) mass is 333 g/mol. The lowest BCUT2D eigenvalue weighted by molar-refractivity contribution is 0.141. The summed E-state index contributed by atoms with van der Waals surface area (Å²) in [6.07, 6.45) is 7.67. The molecule has 1 aliphatic carbocycles. The summed E-state index contributed by atoms with van der Waals surface area (Å²) in [5.74, 6) is 0. The summed E-state index contributed by atoms with van der Waals surface area (Å²) in [5, 5.41) is 0. The first-order chi connectivity index (χ1) is 10.5. The minimum atomic E-state index is -3.37. The molecule has 22 heavy (non-hydrogen) atoms. The molecule has 0 aromatic carbocycles. The van der Waals surface area contributed by atoms with Crippen molar-refractivity contribution in [2.75, 3.05) is 40.4 Å². The van der Waals surface area contributed by atoms with Crippen molar-refractivity contribution < 1.29 is 13.2 Å². The summed E-state index contributed by atoms with van der Waals surface area (Å²) in [4.78, 5) is 2.33. The lowest BCUT2D eigenvalue weighted by Gasteiger charge is -2.31. The SMILES string of the molecule is COCCN1CCCC1CNS(=O)(=O)N(C)C1CCCCC1. The predicted molar refractivity (Wildman–Crippen MR) is 88.0 cm³/mol. The molecule has 7 heteroatoms. The highest BCUT2D eigenvalue weighted by Crippen LogP contribution is 2.23. The van der Waals surface area contributed by atoms with Crippen LogP contribution >= 0.6 is 0 Å². The molecule has 0 amide bonds. The Hall–Kier alpha value is -0.210. The van der Waals surface area contributed by atoms with Crippen molar-refractivity contribution in [3.05, 3.63) is 0 Å². The number of rotatable bonds is 8. The van der Waals surface area contributed by atoms with Crippen LogP contribution in [-0.2, 0) is 14.9 Å². The number of nitrogens with zero attached hydrogens (tertiary/aromatic N) is 2. The molecule has 1 saturated heterocycles. The Morgan fingerprint density at radius 2 is 1.91 bits per heavy atom. The van der Waals surface area contributed by atoms with E-state index in [1.165, 1.54) is 6.42 Å². The fourth-order valence-electron chi connectivity index (χ4n) is 3.57. The van der Waals surface area contributed by atoms with Gasteiger partial charge in [0, 0.05) is 39.3 Å². The Bertz CT molecular complexity index is 424. The van der Waals surface area contributed by atoms with Gasteiger partial charge in [0.2, 0.25) is 0 Å². The first kappa shape index (κ1) is 18.1. The van der Waals surface area contributed by atoms with Gasteiger partial charge in [0.05, 0.1) is 6.61 Å². The fourth-order valence-corrected chi connectivity index (χ4v) is 4.78. The molecule has 2 fully saturated rings. The second kappa shape index (κ2) is 8.59. The van der Waals surface area contributed by atoms with Gasteiger partial charge in [0.15, 0.2) is 0 Å². The topological polar surface area (TPSA) is 61.9 Å². The van der Waals surface area contributed by atoms with E-state index in [0.717, 1.165) is 51.6 Å². The van der Waals surface area contributed by atoms with Crippen LogP contribution in [0.4, 0.5) is 0 Å². The third-order valence-corrected chi connectivity index (χ3v) is 6.64. The molecule has 1 aliphatic heterocycles. The molecule has 0 spiro atoms. The lowest BCUT2D eigenvalue weighted by Crippen LogP contribution is -2.48. The molecular formula is C15H31N3O3S. The minimum absolute atomic E-state index is 0.166. The molecule has 1 saturated carbocycles. The van der Waals surface area contributed by atoms with E-state index in [-0.39, 0.29) is 6.04 Å². The maximum atomic E-state index is 12.5. The summed E-state index contributed by atoms with van der Waals surface area (Å²) >= 11 is 0. The van der Waals surface area contributed by atoms with Crippen molar-refractivity contribution in [2.24, 2.45) is 0 Å². The molecule has 1 heterocycles. The van der Waals surface area contributed by atoms with E-state index in [4.69, 9.17) is 4.74 Å². The van der Waals surface area contributed by atoms with E-state index >= 15 is 0 Å². The Morgan fingerprint density at radius 3 is 2.59 bits per heavy atom. The van der Waals surface area contributed by atoms with Gasteiger partial charge >= 0.3 is 0 Å². The van der Waals surface area contributed by atoms with Crippen LogP contribution in [0.2, 0.25) is 0 Å². The van der Waals surface area contributed by atoms with E-state index in [9.17, 15) is 8.42 Å². The van der Waals surface area contributed by atoms with Crippen LogP contribution in [0.5, 0.6) is 0 Å². The maximum Gasteiger partial charge on any atom is 0.279 e. The van der Waals surface area contributed by atoms with Gasteiger partial charge in [-0.15, -0.1) is 0 Å². The van der Waals surface area contributed by atoms with Crippen LogP contribution in [-0.4, -0.2) is 70.1 Å². The quantitative estimate of drug-likeness (QED) is 0.725. The fraction of sp³-hybridized carbons (Fsp3) is 1.00. The Labute approximate surface area is 135 Å². The molecule has 2 rings (SSSR count). The van der Waals surface area contributed by atoms with Crippen molar-refractivity contribution in [2.45, 2.75) is 57.0 Å². The highest BCUT2D eigenvalue weighted by molar-refractivity contribution is 7.87. The zero-order chi connectivity index (χ0) is 16.0.